The third-order valence-electron chi connectivity index (χ3n) is 4.63. The first-order valence-electron chi connectivity index (χ1n) is 7.90. The third kappa shape index (κ3) is 2.99. The summed E-state index contributed by atoms with van der Waals surface area (Å²) in [6.07, 6.45) is 6.18. The number of aliphatic hydroxyl groups is 1. The van der Waals surface area contributed by atoms with Crippen LogP contribution in [0.1, 0.15) is 55.7 Å². The van der Waals surface area contributed by atoms with Crippen LogP contribution in [0.3, 0.4) is 0 Å². The number of ether oxygens (including phenoxy) is 1. The van der Waals surface area contributed by atoms with Gasteiger partial charge in [0.15, 0.2) is 0 Å². The van der Waals surface area contributed by atoms with E-state index in [-0.39, 0.29) is 6.10 Å². The fourth-order valence-electron chi connectivity index (χ4n) is 3.46. The van der Waals surface area contributed by atoms with Gasteiger partial charge in [-0.1, -0.05) is 18.2 Å². The molecule has 1 aromatic rings. The first-order valence-corrected chi connectivity index (χ1v) is 7.90. The molecule has 1 saturated carbocycles. The van der Waals surface area contributed by atoms with Crippen molar-refractivity contribution in [3.05, 3.63) is 29.3 Å². The van der Waals surface area contributed by atoms with E-state index in [2.05, 4.69) is 30.4 Å². The van der Waals surface area contributed by atoms with E-state index in [9.17, 15) is 5.11 Å². The van der Waals surface area contributed by atoms with E-state index in [1.54, 1.807) is 0 Å². The number of rotatable bonds is 2. The Kier molecular flexibility index (Phi) is 4.27. The van der Waals surface area contributed by atoms with Crippen LogP contribution in [-0.2, 0) is 0 Å². The van der Waals surface area contributed by atoms with Gasteiger partial charge in [-0.05, 0) is 51.0 Å². The molecule has 0 bridgehead atoms. The second-order valence-electron chi connectivity index (χ2n) is 6.21. The summed E-state index contributed by atoms with van der Waals surface area (Å²) in [6.45, 7) is 2.94. The Bertz CT molecular complexity index is 452. The van der Waals surface area contributed by atoms with Crippen LogP contribution in [0.2, 0.25) is 0 Å². The fraction of sp³-hybridized carbons (Fsp3) is 0.647. The molecule has 0 radical (unpaired) electrons. The van der Waals surface area contributed by atoms with E-state index in [0.29, 0.717) is 12.1 Å². The van der Waals surface area contributed by atoms with Gasteiger partial charge in [0.25, 0.3) is 0 Å². The second kappa shape index (κ2) is 6.15. The van der Waals surface area contributed by atoms with Gasteiger partial charge in [0.2, 0.25) is 0 Å². The molecule has 2 aliphatic rings. The van der Waals surface area contributed by atoms with Crippen LogP contribution in [0.5, 0.6) is 5.75 Å². The first-order chi connectivity index (χ1) is 9.74. The lowest BCUT2D eigenvalue weighted by molar-refractivity contribution is 0.114. The fourth-order valence-corrected chi connectivity index (χ4v) is 3.46. The molecule has 3 heteroatoms. The quantitative estimate of drug-likeness (QED) is 0.871. The van der Waals surface area contributed by atoms with Crippen LogP contribution in [-0.4, -0.2) is 23.9 Å². The third-order valence-corrected chi connectivity index (χ3v) is 4.63. The van der Waals surface area contributed by atoms with Gasteiger partial charge >= 0.3 is 0 Å². The number of hydrogen-bond donors (Lipinski definition) is 2. The van der Waals surface area contributed by atoms with Gasteiger partial charge in [-0.15, -0.1) is 0 Å². The zero-order valence-electron chi connectivity index (χ0n) is 12.3. The maximum atomic E-state index is 9.62. The molecule has 3 nitrogen and oxygen atoms in total. The van der Waals surface area contributed by atoms with E-state index in [1.807, 2.05) is 0 Å². The summed E-state index contributed by atoms with van der Waals surface area (Å²) in [7, 11) is 0. The van der Waals surface area contributed by atoms with Gasteiger partial charge in [-0.25, -0.2) is 0 Å². The molecule has 2 N–H and O–H groups in total. The Morgan fingerprint density at radius 3 is 2.75 bits per heavy atom. The SMILES string of the molecule is Cc1cccc2c1OCCCC2NC1CCC(O)CC1. The number of nitrogens with one attached hydrogen (secondary N) is 1. The van der Waals surface area contributed by atoms with Gasteiger partial charge in [0.05, 0.1) is 12.7 Å². The lowest BCUT2D eigenvalue weighted by Crippen LogP contribution is -2.37. The summed E-state index contributed by atoms with van der Waals surface area (Å²) >= 11 is 0. The van der Waals surface area contributed by atoms with Gasteiger partial charge in [0, 0.05) is 17.6 Å². The molecule has 1 aromatic carbocycles. The summed E-state index contributed by atoms with van der Waals surface area (Å²) in [4.78, 5) is 0. The monoisotopic (exact) mass is 275 g/mol. The van der Waals surface area contributed by atoms with Crippen LogP contribution in [0.15, 0.2) is 18.2 Å². The molecule has 1 unspecified atom stereocenters. The molecule has 1 aliphatic heterocycles. The van der Waals surface area contributed by atoms with Crippen LogP contribution in [0.25, 0.3) is 0 Å². The van der Waals surface area contributed by atoms with E-state index in [1.165, 1.54) is 11.1 Å². The Morgan fingerprint density at radius 1 is 1.15 bits per heavy atom. The molecular weight excluding hydrogens is 250 g/mol. The summed E-state index contributed by atoms with van der Waals surface area (Å²) in [5, 5.41) is 13.4. The van der Waals surface area contributed by atoms with Crippen LogP contribution < -0.4 is 10.1 Å². The molecule has 1 fully saturated rings. The minimum absolute atomic E-state index is 0.0833. The molecule has 1 aliphatic carbocycles. The molecule has 110 valence electrons. The van der Waals surface area contributed by atoms with Crippen molar-refractivity contribution >= 4 is 0 Å². The highest BCUT2D eigenvalue weighted by atomic mass is 16.5. The van der Waals surface area contributed by atoms with Gasteiger partial charge < -0.3 is 15.2 Å². The normalized spacial score (nSPS) is 30.2. The zero-order chi connectivity index (χ0) is 13.9. The maximum absolute atomic E-state index is 9.62. The van der Waals surface area contributed by atoms with E-state index in [4.69, 9.17) is 4.74 Å². The minimum atomic E-state index is -0.0833. The van der Waals surface area contributed by atoms with Crippen molar-refractivity contribution in [1.82, 2.24) is 5.32 Å². The van der Waals surface area contributed by atoms with Crippen molar-refractivity contribution in [1.29, 1.82) is 0 Å². The largest absolute Gasteiger partial charge is 0.493 e. The topological polar surface area (TPSA) is 41.5 Å². The summed E-state index contributed by atoms with van der Waals surface area (Å²) in [6, 6.07) is 7.38. The van der Waals surface area contributed by atoms with Crippen molar-refractivity contribution in [2.75, 3.05) is 6.61 Å². The lowest BCUT2D eigenvalue weighted by Gasteiger charge is -2.30. The molecule has 0 spiro atoms. The maximum Gasteiger partial charge on any atom is 0.126 e. The van der Waals surface area contributed by atoms with Crippen molar-refractivity contribution in [3.63, 3.8) is 0 Å². The molecule has 3 rings (SSSR count). The van der Waals surface area contributed by atoms with Crippen molar-refractivity contribution in [3.8, 4) is 5.75 Å². The molecule has 0 amide bonds. The predicted molar refractivity (Wildman–Crippen MR) is 80.0 cm³/mol. The van der Waals surface area contributed by atoms with E-state index >= 15 is 0 Å². The summed E-state index contributed by atoms with van der Waals surface area (Å²) in [5.41, 5.74) is 2.55. The number of hydrogen-bond acceptors (Lipinski definition) is 3. The molecule has 20 heavy (non-hydrogen) atoms. The second-order valence-corrected chi connectivity index (χ2v) is 6.21. The van der Waals surface area contributed by atoms with Crippen LogP contribution in [0.4, 0.5) is 0 Å². The van der Waals surface area contributed by atoms with Gasteiger partial charge in [-0.2, -0.15) is 0 Å². The number of aryl methyl sites for hydroxylation is 1. The average Bonchev–Trinajstić information content (AvgIpc) is 2.65. The van der Waals surface area contributed by atoms with Crippen molar-refractivity contribution < 1.29 is 9.84 Å². The first kappa shape index (κ1) is 13.9. The minimum Gasteiger partial charge on any atom is -0.493 e. The molecule has 1 heterocycles. The van der Waals surface area contributed by atoms with E-state index < -0.39 is 0 Å². The number of para-hydroxylation sites is 1. The molecular formula is C17H25NO2. The van der Waals surface area contributed by atoms with Gasteiger partial charge in [-0.3, -0.25) is 0 Å². The van der Waals surface area contributed by atoms with Crippen molar-refractivity contribution in [2.45, 2.75) is 63.6 Å². The van der Waals surface area contributed by atoms with Crippen LogP contribution >= 0.6 is 0 Å². The Hall–Kier alpha value is -1.06. The highest BCUT2D eigenvalue weighted by Gasteiger charge is 2.26. The summed E-state index contributed by atoms with van der Waals surface area (Å²) < 4.78 is 5.94. The predicted octanol–water partition coefficient (Wildman–Crippen LogP) is 3.10. The Morgan fingerprint density at radius 2 is 1.95 bits per heavy atom. The average molecular weight is 275 g/mol. The molecule has 1 atom stereocenters. The number of benzene rings is 1. The van der Waals surface area contributed by atoms with E-state index in [0.717, 1.165) is 50.9 Å². The van der Waals surface area contributed by atoms with Gasteiger partial charge in [0.1, 0.15) is 5.75 Å². The Labute approximate surface area is 121 Å². The molecule has 0 aromatic heterocycles. The smallest absolute Gasteiger partial charge is 0.126 e. The lowest BCUT2D eigenvalue weighted by atomic mass is 9.91. The highest BCUT2D eigenvalue weighted by Crippen LogP contribution is 2.35. The summed E-state index contributed by atoms with van der Waals surface area (Å²) in [5.74, 6) is 1.08. The Balaban J connectivity index is 1.75. The molecule has 0 saturated heterocycles. The van der Waals surface area contributed by atoms with Crippen LogP contribution in [0, 0.1) is 6.92 Å². The standard InChI is InChI=1S/C17H25NO2/c1-12-4-2-5-15-16(6-3-11-20-17(12)15)18-13-7-9-14(19)10-8-13/h2,4-5,13-14,16,18-19H,3,6-11H2,1H3. The number of aliphatic hydroxyl groups excluding tert-OH is 1. The number of fused-ring (bicyclic) bond motifs is 1. The zero-order valence-corrected chi connectivity index (χ0v) is 12.3. The van der Waals surface area contributed by atoms with Crippen molar-refractivity contribution in [2.24, 2.45) is 0 Å². The highest BCUT2D eigenvalue weighted by molar-refractivity contribution is 5.43.